The third-order valence-electron chi connectivity index (χ3n) is 2.00. The van der Waals surface area contributed by atoms with E-state index in [1.165, 1.54) is 10.5 Å². The van der Waals surface area contributed by atoms with Crippen LogP contribution in [0.2, 0.25) is 0 Å². The third-order valence-corrected chi connectivity index (χ3v) is 3.67. The van der Waals surface area contributed by atoms with Crippen molar-refractivity contribution >= 4 is 23.1 Å². The fourth-order valence-corrected chi connectivity index (χ4v) is 2.77. The molecule has 78 valence electrons. The normalized spacial score (nSPS) is 10.5. The number of thioether (sulfide) groups is 1. The zero-order chi connectivity index (χ0) is 10.5. The first-order valence-electron chi connectivity index (χ1n) is 4.67. The van der Waals surface area contributed by atoms with Gasteiger partial charge in [0.2, 0.25) is 0 Å². The fourth-order valence-electron chi connectivity index (χ4n) is 1.23. The molecule has 0 saturated carbocycles. The lowest BCUT2D eigenvalue weighted by Gasteiger charge is -2.01. The second-order valence-electron chi connectivity index (χ2n) is 3.12. The Morgan fingerprint density at radius 2 is 2.33 bits per heavy atom. The minimum atomic E-state index is 0.602. The fraction of sp³-hybridized carbons (Fsp3) is 0.182. The summed E-state index contributed by atoms with van der Waals surface area (Å²) >= 11 is 3.43. The lowest BCUT2D eigenvalue weighted by molar-refractivity contribution is 1.06. The molecule has 2 aromatic rings. The summed E-state index contributed by atoms with van der Waals surface area (Å²) in [7, 11) is 0. The molecule has 1 aromatic carbocycles. The van der Waals surface area contributed by atoms with Gasteiger partial charge in [-0.15, -0.1) is 23.1 Å². The highest BCUT2D eigenvalue weighted by Gasteiger charge is 1.98. The number of benzene rings is 1. The highest BCUT2D eigenvalue weighted by atomic mass is 32.2. The molecule has 0 unspecified atom stereocenters. The minimum Gasteiger partial charge on any atom is -0.326 e. The molecule has 0 fully saturated rings. The molecule has 0 aliphatic rings. The largest absolute Gasteiger partial charge is 0.326 e. The Morgan fingerprint density at radius 3 is 3.07 bits per heavy atom. The van der Waals surface area contributed by atoms with Gasteiger partial charge in [-0.25, -0.2) is 4.98 Å². The van der Waals surface area contributed by atoms with Crippen LogP contribution in [0.3, 0.4) is 0 Å². The summed E-state index contributed by atoms with van der Waals surface area (Å²) in [5.41, 5.74) is 9.78. The summed E-state index contributed by atoms with van der Waals surface area (Å²) in [6.07, 6.45) is 0. The average Bonchev–Trinajstić information content (AvgIpc) is 2.79. The Morgan fingerprint density at radius 1 is 1.40 bits per heavy atom. The summed E-state index contributed by atoms with van der Waals surface area (Å²) in [6, 6.07) is 8.34. The summed E-state index contributed by atoms with van der Waals surface area (Å²) in [5, 5.41) is 2.08. The van der Waals surface area contributed by atoms with Crippen LogP contribution in [0.25, 0.3) is 0 Å². The Hall–Kier alpha value is -0.840. The van der Waals surface area contributed by atoms with E-state index in [9.17, 15) is 0 Å². The predicted molar refractivity (Wildman–Crippen MR) is 66.0 cm³/mol. The molecule has 1 aromatic heterocycles. The van der Waals surface area contributed by atoms with Crippen molar-refractivity contribution in [2.45, 2.75) is 17.2 Å². The van der Waals surface area contributed by atoms with Crippen LogP contribution in [0, 0.1) is 0 Å². The van der Waals surface area contributed by atoms with Crippen molar-refractivity contribution in [1.29, 1.82) is 0 Å². The molecule has 0 saturated heterocycles. The van der Waals surface area contributed by atoms with Crippen molar-refractivity contribution in [2.75, 3.05) is 0 Å². The second-order valence-corrected chi connectivity index (χ2v) is 4.89. The van der Waals surface area contributed by atoms with Crippen molar-refractivity contribution in [1.82, 2.24) is 4.98 Å². The SMILES string of the molecule is NCc1cccc(SCc2cscn2)c1. The van der Waals surface area contributed by atoms with Crippen LogP contribution >= 0.6 is 23.1 Å². The Bertz CT molecular complexity index is 412. The topological polar surface area (TPSA) is 38.9 Å². The van der Waals surface area contributed by atoms with Gasteiger partial charge in [-0.1, -0.05) is 12.1 Å². The lowest BCUT2D eigenvalue weighted by Crippen LogP contribution is -1.95. The van der Waals surface area contributed by atoms with Crippen molar-refractivity contribution in [3.8, 4) is 0 Å². The second kappa shape index (κ2) is 5.30. The number of nitrogens with two attached hydrogens (primary N) is 1. The maximum atomic E-state index is 5.59. The van der Waals surface area contributed by atoms with Crippen LogP contribution < -0.4 is 5.73 Å². The maximum absolute atomic E-state index is 5.59. The van der Waals surface area contributed by atoms with Gasteiger partial charge in [0, 0.05) is 22.6 Å². The molecule has 0 spiro atoms. The van der Waals surface area contributed by atoms with Gasteiger partial charge in [0.15, 0.2) is 0 Å². The first-order valence-corrected chi connectivity index (χ1v) is 6.60. The molecule has 0 amide bonds. The quantitative estimate of drug-likeness (QED) is 0.830. The van der Waals surface area contributed by atoms with Gasteiger partial charge in [-0.2, -0.15) is 0 Å². The Labute approximate surface area is 97.5 Å². The van der Waals surface area contributed by atoms with Gasteiger partial charge < -0.3 is 5.73 Å². The van der Waals surface area contributed by atoms with Crippen molar-refractivity contribution in [2.24, 2.45) is 5.73 Å². The molecule has 2 N–H and O–H groups in total. The lowest BCUT2D eigenvalue weighted by atomic mass is 10.2. The minimum absolute atomic E-state index is 0.602. The molecule has 0 aliphatic heterocycles. The smallest absolute Gasteiger partial charge is 0.0795 e. The summed E-state index contributed by atoms with van der Waals surface area (Å²) in [5.74, 6) is 0.928. The van der Waals surface area contributed by atoms with Crippen LogP contribution in [0.15, 0.2) is 40.1 Å². The van der Waals surface area contributed by atoms with Crippen molar-refractivity contribution in [3.63, 3.8) is 0 Å². The number of rotatable bonds is 4. The number of hydrogen-bond acceptors (Lipinski definition) is 4. The molecule has 2 nitrogen and oxygen atoms in total. The van der Waals surface area contributed by atoms with E-state index in [2.05, 4.69) is 22.5 Å². The van der Waals surface area contributed by atoms with E-state index in [0.717, 1.165) is 11.4 Å². The van der Waals surface area contributed by atoms with E-state index in [-0.39, 0.29) is 0 Å². The van der Waals surface area contributed by atoms with Gasteiger partial charge in [0.05, 0.1) is 11.2 Å². The van der Waals surface area contributed by atoms with Crippen molar-refractivity contribution < 1.29 is 0 Å². The molecular weight excluding hydrogens is 224 g/mol. The van der Waals surface area contributed by atoms with Crippen LogP contribution in [-0.4, -0.2) is 4.98 Å². The first kappa shape index (κ1) is 10.7. The monoisotopic (exact) mass is 236 g/mol. The van der Waals surface area contributed by atoms with Gasteiger partial charge >= 0.3 is 0 Å². The van der Waals surface area contributed by atoms with Gasteiger partial charge in [0.25, 0.3) is 0 Å². The molecule has 0 atom stereocenters. The molecule has 0 aliphatic carbocycles. The number of hydrogen-bond donors (Lipinski definition) is 1. The molecular formula is C11H12N2S2. The van der Waals surface area contributed by atoms with Crippen molar-refractivity contribution in [3.05, 3.63) is 46.4 Å². The van der Waals surface area contributed by atoms with Gasteiger partial charge in [-0.05, 0) is 17.7 Å². The predicted octanol–water partition coefficient (Wildman–Crippen LogP) is 2.89. The highest BCUT2D eigenvalue weighted by Crippen LogP contribution is 2.23. The van der Waals surface area contributed by atoms with E-state index in [1.807, 2.05) is 17.6 Å². The zero-order valence-corrected chi connectivity index (χ0v) is 9.85. The molecule has 0 bridgehead atoms. The number of thiazole rings is 1. The molecule has 4 heteroatoms. The summed E-state index contributed by atoms with van der Waals surface area (Å²) < 4.78 is 0. The Kier molecular flexibility index (Phi) is 3.77. The third kappa shape index (κ3) is 3.06. The summed E-state index contributed by atoms with van der Waals surface area (Å²) in [4.78, 5) is 5.50. The highest BCUT2D eigenvalue weighted by molar-refractivity contribution is 7.98. The van der Waals surface area contributed by atoms with E-state index < -0.39 is 0 Å². The number of nitrogens with zero attached hydrogens (tertiary/aromatic N) is 1. The van der Waals surface area contributed by atoms with E-state index >= 15 is 0 Å². The van der Waals surface area contributed by atoms with E-state index in [0.29, 0.717) is 6.54 Å². The van der Waals surface area contributed by atoms with E-state index in [1.54, 1.807) is 23.1 Å². The first-order chi connectivity index (χ1) is 7.38. The van der Waals surface area contributed by atoms with E-state index in [4.69, 9.17) is 5.73 Å². The van der Waals surface area contributed by atoms with Crippen LogP contribution in [0.1, 0.15) is 11.3 Å². The average molecular weight is 236 g/mol. The van der Waals surface area contributed by atoms with Crippen LogP contribution in [0.5, 0.6) is 0 Å². The zero-order valence-electron chi connectivity index (χ0n) is 8.22. The van der Waals surface area contributed by atoms with Crippen LogP contribution in [0.4, 0.5) is 0 Å². The summed E-state index contributed by atoms with van der Waals surface area (Å²) in [6.45, 7) is 0.602. The molecule has 0 radical (unpaired) electrons. The molecule has 15 heavy (non-hydrogen) atoms. The van der Waals surface area contributed by atoms with Gasteiger partial charge in [0.1, 0.15) is 0 Å². The number of aromatic nitrogens is 1. The van der Waals surface area contributed by atoms with Gasteiger partial charge in [-0.3, -0.25) is 0 Å². The molecule has 2 rings (SSSR count). The van der Waals surface area contributed by atoms with Crippen LogP contribution in [-0.2, 0) is 12.3 Å². The maximum Gasteiger partial charge on any atom is 0.0795 e. The Balaban J connectivity index is 1.98. The molecule has 1 heterocycles. The standard InChI is InChI=1S/C11H12N2S2/c12-5-9-2-1-3-11(4-9)15-7-10-6-14-8-13-10/h1-4,6,8H,5,7,12H2.